The van der Waals surface area contributed by atoms with E-state index in [2.05, 4.69) is 0 Å². The third kappa shape index (κ3) is 2.57. The molecule has 0 aromatic heterocycles. The van der Waals surface area contributed by atoms with Crippen LogP contribution in [0.5, 0.6) is 0 Å². The Morgan fingerprint density at radius 2 is 1.92 bits per heavy atom. The average molecular weight is 198 g/mol. The molecule has 1 saturated carbocycles. The van der Waals surface area contributed by atoms with Crippen molar-refractivity contribution in [3.63, 3.8) is 0 Å². The molecule has 1 aliphatic carbocycles. The molecule has 13 heavy (non-hydrogen) atoms. The van der Waals surface area contributed by atoms with Crippen molar-refractivity contribution in [2.24, 2.45) is 11.8 Å². The Morgan fingerprint density at radius 1 is 1.31 bits per heavy atom. The molecule has 0 aromatic carbocycles. The molecule has 78 valence electrons. The Bertz CT molecular complexity index is 169. The largest absolute Gasteiger partial charge is 0.414 e. The second-order valence-corrected chi connectivity index (χ2v) is 3.61. The maximum Gasteiger partial charge on any atom is 0.414 e. The summed E-state index contributed by atoms with van der Waals surface area (Å²) in [5.74, 6) is -0.792. The van der Waals surface area contributed by atoms with Crippen molar-refractivity contribution in [1.29, 1.82) is 0 Å². The van der Waals surface area contributed by atoms with Crippen LogP contribution in [0, 0.1) is 11.8 Å². The molecule has 1 rings (SSSR count). The molecule has 0 radical (unpaired) electrons. The van der Waals surface area contributed by atoms with Gasteiger partial charge in [-0.1, -0.05) is 0 Å². The number of hydrogen-bond donors (Lipinski definition) is 2. The van der Waals surface area contributed by atoms with Gasteiger partial charge in [-0.15, -0.1) is 0 Å². The first-order chi connectivity index (χ1) is 5.95. The fourth-order valence-corrected chi connectivity index (χ4v) is 1.83. The minimum absolute atomic E-state index is 0.0676. The normalized spacial score (nSPS) is 32.1. The molecule has 2 N–H and O–H groups in total. The molecular formula is C8H13F3O2. The summed E-state index contributed by atoms with van der Waals surface area (Å²) in [5, 5.41) is 17.6. The molecule has 0 spiro atoms. The SMILES string of the molecule is OCC1CCC(C(O)C(F)(F)F)C1. The summed E-state index contributed by atoms with van der Waals surface area (Å²) in [6, 6.07) is 0. The van der Waals surface area contributed by atoms with Gasteiger partial charge in [0.25, 0.3) is 0 Å². The first kappa shape index (κ1) is 10.8. The predicted molar refractivity (Wildman–Crippen MR) is 40.0 cm³/mol. The minimum Gasteiger partial charge on any atom is -0.396 e. The van der Waals surface area contributed by atoms with E-state index in [0.717, 1.165) is 0 Å². The maximum absolute atomic E-state index is 12.0. The highest BCUT2D eigenvalue weighted by atomic mass is 19.4. The maximum atomic E-state index is 12.0. The Balaban J connectivity index is 2.46. The van der Waals surface area contributed by atoms with E-state index in [-0.39, 0.29) is 18.9 Å². The third-order valence-electron chi connectivity index (χ3n) is 2.62. The van der Waals surface area contributed by atoms with Gasteiger partial charge in [-0.2, -0.15) is 13.2 Å². The van der Waals surface area contributed by atoms with Gasteiger partial charge in [0.1, 0.15) is 0 Å². The van der Waals surface area contributed by atoms with Gasteiger partial charge >= 0.3 is 6.18 Å². The van der Waals surface area contributed by atoms with Crippen molar-refractivity contribution >= 4 is 0 Å². The van der Waals surface area contributed by atoms with Crippen LogP contribution in [0.3, 0.4) is 0 Å². The quantitative estimate of drug-likeness (QED) is 0.702. The van der Waals surface area contributed by atoms with Crippen LogP contribution < -0.4 is 0 Å². The molecule has 1 fully saturated rings. The number of aliphatic hydroxyl groups is 2. The first-order valence-corrected chi connectivity index (χ1v) is 4.30. The lowest BCUT2D eigenvalue weighted by Crippen LogP contribution is -2.34. The van der Waals surface area contributed by atoms with Crippen LogP contribution in [0.2, 0.25) is 0 Å². The van der Waals surface area contributed by atoms with E-state index >= 15 is 0 Å². The van der Waals surface area contributed by atoms with Crippen LogP contribution in [0.15, 0.2) is 0 Å². The first-order valence-electron chi connectivity index (χ1n) is 4.30. The molecule has 3 atom stereocenters. The van der Waals surface area contributed by atoms with Crippen LogP contribution in [0.4, 0.5) is 13.2 Å². The van der Waals surface area contributed by atoms with Gasteiger partial charge in [0.2, 0.25) is 0 Å². The molecule has 0 heterocycles. The summed E-state index contributed by atoms with van der Waals surface area (Å²) >= 11 is 0. The molecule has 0 saturated heterocycles. The van der Waals surface area contributed by atoms with E-state index < -0.39 is 18.2 Å². The lowest BCUT2D eigenvalue weighted by molar-refractivity contribution is -0.219. The fraction of sp³-hybridized carbons (Fsp3) is 1.00. The van der Waals surface area contributed by atoms with Crippen molar-refractivity contribution in [3.05, 3.63) is 0 Å². The average Bonchev–Trinajstić information content (AvgIpc) is 2.48. The van der Waals surface area contributed by atoms with Gasteiger partial charge in [-0.05, 0) is 31.1 Å². The summed E-state index contributed by atoms with van der Waals surface area (Å²) in [6.07, 6.45) is -5.53. The van der Waals surface area contributed by atoms with E-state index in [0.29, 0.717) is 12.8 Å². The van der Waals surface area contributed by atoms with Crippen LogP contribution in [-0.2, 0) is 0 Å². The Labute approximate surface area is 74.4 Å². The predicted octanol–water partition coefficient (Wildman–Crippen LogP) is 1.32. The minimum atomic E-state index is -4.52. The van der Waals surface area contributed by atoms with Gasteiger partial charge in [0, 0.05) is 6.61 Å². The van der Waals surface area contributed by atoms with E-state index in [1.165, 1.54) is 0 Å². The summed E-state index contributed by atoms with van der Waals surface area (Å²) in [7, 11) is 0. The lowest BCUT2D eigenvalue weighted by Gasteiger charge is -2.20. The van der Waals surface area contributed by atoms with Gasteiger partial charge in [0.05, 0.1) is 0 Å². The van der Waals surface area contributed by atoms with Crippen molar-refractivity contribution in [2.45, 2.75) is 31.5 Å². The van der Waals surface area contributed by atoms with E-state index in [4.69, 9.17) is 10.2 Å². The smallest absolute Gasteiger partial charge is 0.396 e. The standard InChI is InChI=1S/C8H13F3O2/c9-8(10,11)7(13)6-2-1-5(3-6)4-12/h5-7,12-13H,1-4H2. The number of halogens is 3. The molecule has 0 aromatic rings. The van der Waals surface area contributed by atoms with Gasteiger partial charge in [-0.3, -0.25) is 0 Å². The molecule has 3 unspecified atom stereocenters. The highest BCUT2D eigenvalue weighted by molar-refractivity contribution is 4.83. The number of rotatable bonds is 2. The zero-order chi connectivity index (χ0) is 10.1. The van der Waals surface area contributed by atoms with E-state index in [1.807, 2.05) is 0 Å². The highest BCUT2D eigenvalue weighted by Crippen LogP contribution is 2.38. The van der Waals surface area contributed by atoms with Crippen LogP contribution in [0.1, 0.15) is 19.3 Å². The molecule has 0 bridgehead atoms. The fourth-order valence-electron chi connectivity index (χ4n) is 1.83. The van der Waals surface area contributed by atoms with Gasteiger partial charge < -0.3 is 10.2 Å². The second kappa shape index (κ2) is 3.84. The van der Waals surface area contributed by atoms with E-state index in [9.17, 15) is 13.2 Å². The Kier molecular flexibility index (Phi) is 3.18. The lowest BCUT2D eigenvalue weighted by atomic mass is 9.99. The summed E-state index contributed by atoms with van der Waals surface area (Å²) in [4.78, 5) is 0. The number of aliphatic hydroxyl groups excluding tert-OH is 2. The number of hydrogen-bond acceptors (Lipinski definition) is 2. The second-order valence-electron chi connectivity index (χ2n) is 3.61. The molecule has 0 aliphatic heterocycles. The summed E-state index contributed by atoms with van der Waals surface area (Å²) < 4.78 is 36.1. The van der Waals surface area contributed by atoms with Crippen molar-refractivity contribution < 1.29 is 23.4 Å². The number of alkyl halides is 3. The van der Waals surface area contributed by atoms with Gasteiger partial charge in [-0.25, -0.2) is 0 Å². The monoisotopic (exact) mass is 198 g/mol. The van der Waals surface area contributed by atoms with E-state index in [1.54, 1.807) is 0 Å². The van der Waals surface area contributed by atoms with Crippen LogP contribution >= 0.6 is 0 Å². The van der Waals surface area contributed by atoms with Crippen LogP contribution in [-0.4, -0.2) is 29.1 Å². The molecule has 5 heteroatoms. The van der Waals surface area contributed by atoms with Crippen molar-refractivity contribution in [3.8, 4) is 0 Å². The highest BCUT2D eigenvalue weighted by Gasteiger charge is 2.45. The van der Waals surface area contributed by atoms with Crippen molar-refractivity contribution in [2.75, 3.05) is 6.61 Å². The molecule has 0 amide bonds. The summed E-state index contributed by atoms with van der Waals surface area (Å²) in [6.45, 7) is -0.0823. The van der Waals surface area contributed by atoms with Gasteiger partial charge in [0.15, 0.2) is 6.10 Å². The van der Waals surface area contributed by atoms with Crippen molar-refractivity contribution in [1.82, 2.24) is 0 Å². The molecule has 2 nitrogen and oxygen atoms in total. The zero-order valence-electron chi connectivity index (χ0n) is 7.09. The Morgan fingerprint density at radius 3 is 2.31 bits per heavy atom. The third-order valence-corrected chi connectivity index (χ3v) is 2.62. The molecular weight excluding hydrogens is 185 g/mol. The molecule has 1 aliphatic rings. The summed E-state index contributed by atoms with van der Waals surface area (Å²) in [5.41, 5.74) is 0. The topological polar surface area (TPSA) is 40.5 Å². The van der Waals surface area contributed by atoms with Crippen LogP contribution in [0.25, 0.3) is 0 Å². The zero-order valence-corrected chi connectivity index (χ0v) is 7.09. The Hall–Kier alpha value is -0.290.